The maximum atomic E-state index is 12.2. The van der Waals surface area contributed by atoms with Crippen LogP contribution in [0.1, 0.15) is 11.1 Å². The van der Waals surface area contributed by atoms with Gasteiger partial charge in [0.05, 0.1) is 4.90 Å². The Morgan fingerprint density at radius 2 is 1.95 bits per heavy atom. The van der Waals surface area contributed by atoms with Gasteiger partial charge >= 0.3 is 0 Å². The van der Waals surface area contributed by atoms with Gasteiger partial charge in [-0.3, -0.25) is 0 Å². The van der Waals surface area contributed by atoms with E-state index in [0.29, 0.717) is 28.3 Å². The van der Waals surface area contributed by atoms with E-state index in [2.05, 4.69) is 11.3 Å². The van der Waals surface area contributed by atoms with Gasteiger partial charge in [0.25, 0.3) is 0 Å². The molecule has 0 aliphatic rings. The number of anilines is 1. The summed E-state index contributed by atoms with van der Waals surface area (Å²) in [6, 6.07) is 3.35. The topological polar surface area (TPSA) is 72.2 Å². The van der Waals surface area contributed by atoms with Crippen molar-refractivity contribution in [2.45, 2.75) is 18.7 Å². The average Bonchev–Trinajstić information content (AvgIpc) is 2.26. The molecule has 19 heavy (non-hydrogen) atoms. The van der Waals surface area contributed by atoms with E-state index in [1.54, 1.807) is 43.8 Å². The molecule has 0 saturated heterocycles. The number of sulfonamides is 1. The highest BCUT2D eigenvalue weighted by Gasteiger charge is 2.19. The molecule has 0 atom stereocenters. The van der Waals surface area contributed by atoms with Crippen molar-refractivity contribution in [2.24, 2.45) is 0 Å². The van der Waals surface area contributed by atoms with E-state index in [9.17, 15) is 8.42 Å². The summed E-state index contributed by atoms with van der Waals surface area (Å²) < 4.78 is 27.1. The summed E-state index contributed by atoms with van der Waals surface area (Å²) >= 11 is 1.63. The molecule has 0 spiro atoms. The number of aryl methyl sites for hydroxylation is 2. The Labute approximate surface area is 119 Å². The molecule has 0 amide bonds. The highest BCUT2D eigenvalue weighted by molar-refractivity contribution is 7.99. The van der Waals surface area contributed by atoms with Crippen LogP contribution in [0.4, 0.5) is 5.69 Å². The summed E-state index contributed by atoms with van der Waals surface area (Å²) in [7, 11) is -3.47. The number of nitrogens with one attached hydrogen (secondary N) is 1. The fourth-order valence-electron chi connectivity index (χ4n) is 1.89. The van der Waals surface area contributed by atoms with Crippen LogP contribution in [0.25, 0.3) is 0 Å². The molecule has 3 N–H and O–H groups in total. The highest BCUT2D eigenvalue weighted by Crippen LogP contribution is 2.22. The molecule has 0 aliphatic heterocycles. The van der Waals surface area contributed by atoms with Crippen LogP contribution in [0.15, 0.2) is 29.7 Å². The van der Waals surface area contributed by atoms with Gasteiger partial charge in [0, 0.05) is 23.7 Å². The predicted octanol–water partition coefficient (Wildman–Crippen LogP) is 2.08. The Morgan fingerprint density at radius 3 is 2.47 bits per heavy atom. The normalized spacial score (nSPS) is 11.5. The van der Waals surface area contributed by atoms with Crippen molar-refractivity contribution in [2.75, 3.05) is 23.8 Å². The van der Waals surface area contributed by atoms with Gasteiger partial charge in [-0.05, 0) is 37.1 Å². The third-order valence-electron chi connectivity index (χ3n) is 2.53. The molecule has 1 rings (SSSR count). The van der Waals surface area contributed by atoms with E-state index < -0.39 is 10.0 Å². The predicted molar refractivity (Wildman–Crippen MR) is 83.0 cm³/mol. The van der Waals surface area contributed by atoms with Crippen LogP contribution >= 0.6 is 11.8 Å². The lowest BCUT2D eigenvalue weighted by Gasteiger charge is -2.12. The summed E-state index contributed by atoms with van der Waals surface area (Å²) in [5.74, 6) is 1.54. The van der Waals surface area contributed by atoms with Crippen molar-refractivity contribution in [3.63, 3.8) is 0 Å². The molecular weight excluding hydrogens is 280 g/mol. The number of benzene rings is 1. The summed E-state index contributed by atoms with van der Waals surface area (Å²) in [6.45, 7) is 7.53. The molecule has 1 aromatic carbocycles. The number of nitrogen functional groups attached to an aromatic ring is 1. The van der Waals surface area contributed by atoms with Crippen LogP contribution in [0.3, 0.4) is 0 Å². The molecule has 106 valence electrons. The van der Waals surface area contributed by atoms with E-state index in [4.69, 9.17) is 5.73 Å². The van der Waals surface area contributed by atoms with Gasteiger partial charge in [-0.1, -0.05) is 6.08 Å². The third-order valence-corrected chi connectivity index (χ3v) is 5.26. The zero-order valence-electron chi connectivity index (χ0n) is 11.3. The third kappa shape index (κ3) is 4.56. The minimum atomic E-state index is -3.47. The van der Waals surface area contributed by atoms with Gasteiger partial charge in [-0.25, -0.2) is 13.1 Å². The summed E-state index contributed by atoms with van der Waals surface area (Å²) in [5.41, 5.74) is 7.62. The quantitative estimate of drug-likeness (QED) is 0.459. The molecule has 1 aromatic rings. The van der Waals surface area contributed by atoms with E-state index >= 15 is 0 Å². The molecule has 0 bridgehead atoms. The number of rotatable bonds is 7. The van der Waals surface area contributed by atoms with E-state index in [0.717, 1.165) is 11.5 Å². The van der Waals surface area contributed by atoms with Crippen molar-refractivity contribution in [3.05, 3.63) is 35.9 Å². The van der Waals surface area contributed by atoms with E-state index in [1.807, 2.05) is 0 Å². The zero-order valence-corrected chi connectivity index (χ0v) is 12.9. The second-order valence-corrected chi connectivity index (χ2v) is 7.10. The van der Waals surface area contributed by atoms with Gasteiger partial charge in [0.1, 0.15) is 0 Å². The van der Waals surface area contributed by atoms with Gasteiger partial charge in [-0.15, -0.1) is 6.58 Å². The van der Waals surface area contributed by atoms with Crippen molar-refractivity contribution >= 4 is 27.5 Å². The van der Waals surface area contributed by atoms with Crippen LogP contribution in [-0.4, -0.2) is 26.5 Å². The fraction of sp³-hybridized carbons (Fsp3) is 0.385. The monoisotopic (exact) mass is 300 g/mol. The maximum Gasteiger partial charge on any atom is 0.241 e. The summed E-state index contributed by atoms with van der Waals surface area (Å²) in [6.07, 6.45) is 1.80. The van der Waals surface area contributed by atoms with Gasteiger partial charge in [0.15, 0.2) is 0 Å². The lowest BCUT2D eigenvalue weighted by Crippen LogP contribution is -2.27. The Bertz CT molecular complexity index is 531. The fourth-order valence-corrected chi connectivity index (χ4v) is 4.08. The number of thioether (sulfide) groups is 1. The van der Waals surface area contributed by atoms with Crippen molar-refractivity contribution in [1.82, 2.24) is 4.72 Å². The first-order chi connectivity index (χ1) is 8.88. The Kier molecular flexibility index (Phi) is 5.90. The molecule has 0 aliphatic carbocycles. The van der Waals surface area contributed by atoms with Crippen LogP contribution in [0.2, 0.25) is 0 Å². The molecule has 0 radical (unpaired) electrons. The lowest BCUT2D eigenvalue weighted by atomic mass is 10.1. The molecule has 0 unspecified atom stereocenters. The minimum Gasteiger partial charge on any atom is -0.399 e. The largest absolute Gasteiger partial charge is 0.399 e. The maximum absolute atomic E-state index is 12.2. The van der Waals surface area contributed by atoms with Crippen molar-refractivity contribution in [1.29, 1.82) is 0 Å². The van der Waals surface area contributed by atoms with Crippen molar-refractivity contribution < 1.29 is 8.42 Å². The lowest BCUT2D eigenvalue weighted by molar-refractivity contribution is 0.583. The standard InChI is InChI=1S/C13H20N2O2S2/c1-4-6-18-7-5-15-19(16,17)13-10(2)8-12(14)9-11(13)3/h4,8-9,15H,1,5-7,14H2,2-3H3. The first-order valence-electron chi connectivity index (χ1n) is 5.93. The highest BCUT2D eigenvalue weighted by atomic mass is 32.2. The second-order valence-electron chi connectivity index (χ2n) is 4.25. The molecule has 0 fully saturated rings. The molecule has 4 nitrogen and oxygen atoms in total. The van der Waals surface area contributed by atoms with Crippen LogP contribution in [0.5, 0.6) is 0 Å². The smallest absolute Gasteiger partial charge is 0.241 e. The molecular formula is C13H20N2O2S2. The first-order valence-corrected chi connectivity index (χ1v) is 8.57. The molecule has 6 heteroatoms. The first kappa shape index (κ1) is 16.1. The van der Waals surface area contributed by atoms with Crippen LogP contribution in [0, 0.1) is 13.8 Å². The van der Waals surface area contributed by atoms with E-state index in [1.165, 1.54) is 0 Å². The molecule has 0 heterocycles. The van der Waals surface area contributed by atoms with Crippen molar-refractivity contribution in [3.8, 4) is 0 Å². The Balaban J connectivity index is 2.80. The van der Waals surface area contributed by atoms with Crippen LogP contribution in [-0.2, 0) is 10.0 Å². The summed E-state index contributed by atoms with van der Waals surface area (Å²) in [4.78, 5) is 0.329. The summed E-state index contributed by atoms with van der Waals surface area (Å²) in [5, 5.41) is 0. The van der Waals surface area contributed by atoms with Gasteiger partial charge in [0.2, 0.25) is 10.0 Å². The Hall–Kier alpha value is -0.980. The molecule has 0 aromatic heterocycles. The zero-order chi connectivity index (χ0) is 14.5. The van der Waals surface area contributed by atoms with E-state index in [-0.39, 0.29) is 0 Å². The van der Waals surface area contributed by atoms with Gasteiger partial charge in [-0.2, -0.15) is 11.8 Å². The number of nitrogens with two attached hydrogens (primary N) is 1. The number of hydrogen-bond donors (Lipinski definition) is 2. The Morgan fingerprint density at radius 1 is 1.37 bits per heavy atom. The SMILES string of the molecule is C=CCSCCNS(=O)(=O)c1c(C)cc(N)cc1C. The molecule has 0 saturated carbocycles. The average molecular weight is 300 g/mol. The van der Waals surface area contributed by atoms with Crippen LogP contribution < -0.4 is 10.5 Å². The second kappa shape index (κ2) is 6.98. The number of hydrogen-bond acceptors (Lipinski definition) is 4. The minimum absolute atomic E-state index is 0.329. The van der Waals surface area contributed by atoms with Gasteiger partial charge < -0.3 is 5.73 Å².